The molecular formula is C22H28ClNO3S. The molecule has 0 aliphatic rings. The Bertz CT molecular complexity index is 765. The van der Waals surface area contributed by atoms with Crippen LogP contribution in [0.25, 0.3) is 0 Å². The first-order chi connectivity index (χ1) is 13.4. The van der Waals surface area contributed by atoms with Gasteiger partial charge >= 0.3 is 0 Å². The molecule has 0 N–H and O–H groups in total. The molecule has 2 rings (SSSR count). The van der Waals surface area contributed by atoms with Gasteiger partial charge in [0.1, 0.15) is 11.5 Å². The Labute approximate surface area is 177 Å². The minimum absolute atomic E-state index is 0.114. The molecule has 28 heavy (non-hydrogen) atoms. The fourth-order valence-electron chi connectivity index (χ4n) is 2.71. The average Bonchev–Trinajstić information content (AvgIpc) is 2.66. The van der Waals surface area contributed by atoms with Crippen LogP contribution < -0.4 is 9.47 Å². The number of amides is 1. The normalized spacial score (nSPS) is 10.8. The zero-order valence-electron chi connectivity index (χ0n) is 16.9. The van der Waals surface area contributed by atoms with Crippen LogP contribution in [0.4, 0.5) is 0 Å². The summed E-state index contributed by atoms with van der Waals surface area (Å²) in [6.45, 7) is 4.51. The number of nitrogens with zero attached hydrogens (tertiary/aromatic N) is 1. The molecule has 0 bridgehead atoms. The van der Waals surface area contributed by atoms with E-state index in [4.69, 9.17) is 21.1 Å². The number of rotatable bonds is 10. The maximum atomic E-state index is 12.4. The van der Waals surface area contributed by atoms with E-state index in [0.717, 1.165) is 29.2 Å². The third-order valence-corrected chi connectivity index (χ3v) is 5.41. The quantitative estimate of drug-likeness (QED) is 0.366. The van der Waals surface area contributed by atoms with Gasteiger partial charge in [0.05, 0.1) is 13.2 Å². The van der Waals surface area contributed by atoms with Crippen LogP contribution >= 0.6 is 23.4 Å². The van der Waals surface area contributed by atoms with Crippen molar-refractivity contribution in [1.82, 2.24) is 4.90 Å². The third-order valence-electron chi connectivity index (χ3n) is 4.07. The van der Waals surface area contributed by atoms with Gasteiger partial charge in [-0.3, -0.25) is 4.79 Å². The van der Waals surface area contributed by atoms with E-state index in [9.17, 15) is 4.79 Å². The van der Waals surface area contributed by atoms with Gasteiger partial charge in [0.2, 0.25) is 5.91 Å². The molecule has 152 valence electrons. The Hall–Kier alpha value is -1.85. The number of halogens is 1. The molecule has 2 aromatic rings. The van der Waals surface area contributed by atoms with Crippen molar-refractivity contribution >= 4 is 29.3 Å². The highest BCUT2D eigenvalue weighted by Gasteiger charge is 2.12. The molecular weight excluding hydrogens is 394 g/mol. The molecule has 0 heterocycles. The number of carbonyl (C=O) groups is 1. The van der Waals surface area contributed by atoms with Gasteiger partial charge in [-0.2, -0.15) is 0 Å². The number of thioether (sulfide) groups is 1. The van der Waals surface area contributed by atoms with Gasteiger partial charge in [0.15, 0.2) is 0 Å². The van der Waals surface area contributed by atoms with Crippen LogP contribution in [0, 0.1) is 0 Å². The molecule has 0 saturated heterocycles. The van der Waals surface area contributed by atoms with Crippen molar-refractivity contribution in [3.05, 3.63) is 53.1 Å². The predicted octanol–water partition coefficient (Wildman–Crippen LogP) is 5.67. The van der Waals surface area contributed by atoms with Gasteiger partial charge in [-0.25, -0.2) is 0 Å². The van der Waals surface area contributed by atoms with E-state index < -0.39 is 0 Å². The molecule has 0 saturated carbocycles. The first-order valence-corrected chi connectivity index (χ1v) is 10.7. The smallest absolute Gasteiger partial charge is 0.222 e. The van der Waals surface area contributed by atoms with E-state index in [0.29, 0.717) is 18.0 Å². The monoisotopic (exact) mass is 421 g/mol. The summed E-state index contributed by atoms with van der Waals surface area (Å²) in [5, 5.41) is 0.637. The van der Waals surface area contributed by atoms with Crippen molar-refractivity contribution in [2.75, 3.05) is 19.9 Å². The van der Waals surface area contributed by atoms with E-state index in [1.165, 1.54) is 4.90 Å². The summed E-state index contributed by atoms with van der Waals surface area (Å²) < 4.78 is 11.0. The van der Waals surface area contributed by atoms with Crippen LogP contribution in [0.5, 0.6) is 11.5 Å². The van der Waals surface area contributed by atoms with E-state index >= 15 is 0 Å². The number of carbonyl (C=O) groups excluding carboxylic acids is 1. The largest absolute Gasteiger partial charge is 0.496 e. The van der Waals surface area contributed by atoms with Gasteiger partial charge < -0.3 is 14.4 Å². The van der Waals surface area contributed by atoms with Crippen molar-refractivity contribution in [1.29, 1.82) is 0 Å². The molecule has 4 nitrogen and oxygen atoms in total. The lowest BCUT2D eigenvalue weighted by Crippen LogP contribution is -2.26. The average molecular weight is 422 g/mol. The molecule has 0 spiro atoms. The standard InChI is InChI=1S/C22H28ClNO3S/c1-16(2)27-19-8-10-20(11-9-19)28-13-5-6-22(25)24(3)15-17-14-18(23)7-12-21(17)26-4/h7-12,14,16H,5-6,13,15H2,1-4H3. The van der Waals surface area contributed by atoms with Gasteiger partial charge in [0, 0.05) is 35.5 Å². The van der Waals surface area contributed by atoms with Crippen molar-refractivity contribution in [2.45, 2.75) is 44.2 Å². The summed E-state index contributed by atoms with van der Waals surface area (Å²) in [6, 6.07) is 13.5. The minimum Gasteiger partial charge on any atom is -0.496 e. The first kappa shape index (κ1) is 22.4. The van der Waals surface area contributed by atoms with Gasteiger partial charge in [-0.05, 0) is 68.5 Å². The van der Waals surface area contributed by atoms with E-state index in [1.54, 1.807) is 29.8 Å². The zero-order chi connectivity index (χ0) is 20.5. The zero-order valence-corrected chi connectivity index (χ0v) is 18.5. The summed E-state index contributed by atoms with van der Waals surface area (Å²) in [4.78, 5) is 15.3. The lowest BCUT2D eigenvalue weighted by atomic mass is 10.2. The summed E-state index contributed by atoms with van der Waals surface area (Å²) in [6.07, 6.45) is 1.51. The maximum Gasteiger partial charge on any atom is 0.222 e. The minimum atomic E-state index is 0.114. The van der Waals surface area contributed by atoms with Gasteiger partial charge in [-0.1, -0.05) is 11.6 Å². The second kappa shape index (κ2) is 11.2. The molecule has 0 fully saturated rings. The summed E-state index contributed by atoms with van der Waals surface area (Å²) in [5.74, 6) is 2.63. The fourth-order valence-corrected chi connectivity index (χ4v) is 3.75. The molecule has 0 aromatic heterocycles. The highest BCUT2D eigenvalue weighted by Crippen LogP contribution is 2.25. The number of methoxy groups -OCH3 is 1. The number of ether oxygens (including phenoxy) is 2. The Kier molecular flexibility index (Phi) is 9.00. The van der Waals surface area contributed by atoms with E-state index in [2.05, 4.69) is 12.1 Å². The van der Waals surface area contributed by atoms with Crippen LogP contribution in [-0.4, -0.2) is 36.8 Å². The summed E-state index contributed by atoms with van der Waals surface area (Å²) in [5.41, 5.74) is 0.906. The predicted molar refractivity (Wildman–Crippen MR) is 117 cm³/mol. The van der Waals surface area contributed by atoms with Crippen molar-refractivity contribution in [2.24, 2.45) is 0 Å². The summed E-state index contributed by atoms with van der Waals surface area (Å²) in [7, 11) is 3.43. The molecule has 6 heteroatoms. The van der Waals surface area contributed by atoms with Crippen molar-refractivity contribution in [3.63, 3.8) is 0 Å². The van der Waals surface area contributed by atoms with E-state index in [1.807, 2.05) is 45.2 Å². The van der Waals surface area contributed by atoms with Crippen LogP contribution in [-0.2, 0) is 11.3 Å². The van der Waals surface area contributed by atoms with Crippen LogP contribution in [0.1, 0.15) is 32.3 Å². The molecule has 2 aromatic carbocycles. The van der Waals surface area contributed by atoms with Crippen molar-refractivity contribution in [3.8, 4) is 11.5 Å². The Morgan fingerprint density at radius 3 is 2.54 bits per heavy atom. The van der Waals surface area contributed by atoms with Crippen LogP contribution in [0.3, 0.4) is 0 Å². The first-order valence-electron chi connectivity index (χ1n) is 9.35. The number of hydrogen-bond donors (Lipinski definition) is 0. The second-order valence-electron chi connectivity index (χ2n) is 6.80. The molecule has 1 amide bonds. The Balaban J connectivity index is 1.75. The van der Waals surface area contributed by atoms with Crippen LogP contribution in [0.15, 0.2) is 47.4 Å². The highest BCUT2D eigenvalue weighted by molar-refractivity contribution is 7.99. The lowest BCUT2D eigenvalue weighted by Gasteiger charge is -2.19. The SMILES string of the molecule is COc1ccc(Cl)cc1CN(C)C(=O)CCCSc1ccc(OC(C)C)cc1. The van der Waals surface area contributed by atoms with Gasteiger partial charge in [-0.15, -0.1) is 11.8 Å². The van der Waals surface area contributed by atoms with Crippen LogP contribution in [0.2, 0.25) is 5.02 Å². The fraction of sp³-hybridized carbons (Fsp3) is 0.409. The Morgan fingerprint density at radius 2 is 1.89 bits per heavy atom. The molecule has 0 radical (unpaired) electrons. The lowest BCUT2D eigenvalue weighted by molar-refractivity contribution is -0.130. The molecule has 0 aliphatic carbocycles. The van der Waals surface area contributed by atoms with Gasteiger partial charge in [0.25, 0.3) is 0 Å². The Morgan fingerprint density at radius 1 is 1.18 bits per heavy atom. The molecule has 0 unspecified atom stereocenters. The maximum absolute atomic E-state index is 12.4. The third kappa shape index (κ3) is 7.28. The second-order valence-corrected chi connectivity index (χ2v) is 8.40. The number of benzene rings is 2. The molecule has 0 aliphatic heterocycles. The molecule has 0 atom stereocenters. The highest BCUT2D eigenvalue weighted by atomic mass is 35.5. The van der Waals surface area contributed by atoms with E-state index in [-0.39, 0.29) is 12.0 Å². The summed E-state index contributed by atoms with van der Waals surface area (Å²) >= 11 is 7.81. The number of hydrogen-bond acceptors (Lipinski definition) is 4. The van der Waals surface area contributed by atoms with Crippen molar-refractivity contribution < 1.29 is 14.3 Å². The topological polar surface area (TPSA) is 38.8 Å².